The Morgan fingerprint density at radius 2 is 1.59 bits per heavy atom. The van der Waals surface area contributed by atoms with Crippen molar-refractivity contribution in [3.05, 3.63) is 47.6 Å². The molecule has 3 aliphatic heterocycles. The SMILES string of the molecule is CO[C@H]1CC2CC[C@@H](C)[C@@](O)(O2)C(=O)C(=O)N2CCCC[C@H]2C(=O)OC([C@H](C)CC2CC[C@@H](OCCO)[C@H](OC)C2)CC(=O)[C@H](C)/C=C(\C)[C@@H](O)[C@@H](OC)C(=O)[C@H](C)C[C@H](C)/C=C/C=C/C=C/1C. The van der Waals surface area contributed by atoms with E-state index in [1.165, 1.54) is 12.0 Å². The molecule has 384 valence electrons. The molecule has 68 heavy (non-hydrogen) atoms. The minimum absolute atomic E-state index is 0.0158. The molecule has 4 aliphatic rings. The number of nitrogens with zero attached hydrogens (tertiary/aromatic N) is 1. The lowest BCUT2D eigenvalue weighted by atomic mass is 9.78. The van der Waals surface area contributed by atoms with Crippen molar-refractivity contribution >= 4 is 29.2 Å². The number of ether oxygens (including phenoxy) is 6. The third kappa shape index (κ3) is 15.3. The van der Waals surface area contributed by atoms with Gasteiger partial charge in [0.25, 0.3) is 11.7 Å². The number of rotatable bonds is 9. The van der Waals surface area contributed by atoms with Crippen molar-refractivity contribution in [3.8, 4) is 0 Å². The van der Waals surface area contributed by atoms with Crippen molar-refractivity contribution in [2.24, 2.45) is 35.5 Å². The van der Waals surface area contributed by atoms with E-state index in [0.717, 1.165) is 12.0 Å². The molecular formula is C53H83NO14. The number of amides is 1. The van der Waals surface area contributed by atoms with E-state index in [-0.39, 0.29) is 74.1 Å². The lowest BCUT2D eigenvalue weighted by Gasteiger charge is -2.42. The number of fused-ring (bicyclic) bond motifs is 3. The minimum atomic E-state index is -2.43. The summed E-state index contributed by atoms with van der Waals surface area (Å²) in [5.74, 6) is -7.96. The van der Waals surface area contributed by atoms with E-state index in [0.29, 0.717) is 63.4 Å². The number of hydrogen-bond acceptors (Lipinski definition) is 14. The molecule has 0 radical (unpaired) electrons. The van der Waals surface area contributed by atoms with Crippen LogP contribution in [0.4, 0.5) is 0 Å². The summed E-state index contributed by atoms with van der Waals surface area (Å²) >= 11 is 0. The Bertz CT molecular complexity index is 1810. The number of Topliss-reactive ketones (excluding diaryl/α,β-unsaturated/α-hetero) is 3. The molecule has 2 saturated heterocycles. The van der Waals surface area contributed by atoms with Gasteiger partial charge in [0.05, 0.1) is 37.6 Å². The number of aliphatic hydroxyl groups excluding tert-OH is 2. The topological polar surface area (TPSA) is 205 Å². The summed E-state index contributed by atoms with van der Waals surface area (Å²) in [4.78, 5) is 72.1. The van der Waals surface area contributed by atoms with Crippen LogP contribution in [0.5, 0.6) is 0 Å². The van der Waals surface area contributed by atoms with Gasteiger partial charge in [-0.25, -0.2) is 4.79 Å². The molecule has 1 aliphatic carbocycles. The monoisotopic (exact) mass is 958 g/mol. The van der Waals surface area contributed by atoms with E-state index >= 15 is 0 Å². The zero-order valence-electron chi connectivity index (χ0n) is 42.4. The molecule has 0 aromatic heterocycles. The van der Waals surface area contributed by atoms with Gasteiger partial charge >= 0.3 is 5.97 Å². The van der Waals surface area contributed by atoms with Crippen molar-refractivity contribution in [1.82, 2.24) is 4.90 Å². The number of allylic oxidation sites excluding steroid dienone is 6. The molecule has 3 fully saturated rings. The normalized spacial score (nSPS) is 39.2. The molecule has 3 heterocycles. The highest BCUT2D eigenvalue weighted by Crippen LogP contribution is 2.38. The maximum absolute atomic E-state index is 14.5. The summed E-state index contributed by atoms with van der Waals surface area (Å²) in [6.07, 6.45) is 12.0. The number of carbonyl (C=O) groups is 5. The van der Waals surface area contributed by atoms with Crippen LogP contribution in [0.25, 0.3) is 0 Å². The predicted molar refractivity (Wildman–Crippen MR) is 256 cm³/mol. The van der Waals surface area contributed by atoms with Gasteiger partial charge in [0.1, 0.15) is 30.1 Å². The summed E-state index contributed by atoms with van der Waals surface area (Å²) in [6.45, 7) is 12.9. The van der Waals surface area contributed by atoms with Crippen LogP contribution in [0, 0.1) is 35.5 Å². The largest absolute Gasteiger partial charge is 0.460 e. The van der Waals surface area contributed by atoms with Crippen molar-refractivity contribution in [3.63, 3.8) is 0 Å². The van der Waals surface area contributed by atoms with Crippen LogP contribution >= 0.6 is 0 Å². The molecule has 0 spiro atoms. The van der Waals surface area contributed by atoms with Gasteiger partial charge in [0, 0.05) is 58.5 Å². The summed E-state index contributed by atoms with van der Waals surface area (Å²) in [5.41, 5.74) is 1.26. The zero-order chi connectivity index (χ0) is 50.3. The molecule has 3 N–H and O–H groups in total. The van der Waals surface area contributed by atoms with Gasteiger partial charge in [-0.2, -0.15) is 0 Å². The van der Waals surface area contributed by atoms with Crippen LogP contribution < -0.4 is 0 Å². The van der Waals surface area contributed by atoms with E-state index in [2.05, 4.69) is 0 Å². The van der Waals surface area contributed by atoms with E-state index in [9.17, 15) is 39.3 Å². The number of aliphatic hydroxyl groups is 3. The highest BCUT2D eigenvalue weighted by Gasteiger charge is 2.53. The van der Waals surface area contributed by atoms with Crippen LogP contribution in [0.2, 0.25) is 0 Å². The van der Waals surface area contributed by atoms with E-state index in [1.54, 1.807) is 41.1 Å². The first kappa shape index (κ1) is 57.2. The summed E-state index contributed by atoms with van der Waals surface area (Å²) in [7, 11) is 4.58. The first-order chi connectivity index (χ1) is 32.3. The second-order valence-electron chi connectivity index (χ2n) is 20.2. The lowest BCUT2D eigenvalue weighted by Crippen LogP contribution is -2.61. The number of ketones is 3. The number of piperidine rings is 1. The van der Waals surface area contributed by atoms with Crippen molar-refractivity contribution in [2.75, 3.05) is 41.1 Å². The number of cyclic esters (lactones) is 1. The molecule has 15 heteroatoms. The number of esters is 1. The van der Waals surface area contributed by atoms with Crippen LogP contribution in [-0.4, -0.2) is 145 Å². The number of hydrogen-bond donors (Lipinski definition) is 3. The quantitative estimate of drug-likeness (QED) is 0.134. The highest BCUT2D eigenvalue weighted by atomic mass is 16.6. The second-order valence-corrected chi connectivity index (χ2v) is 20.2. The smallest absolute Gasteiger partial charge is 0.329 e. The van der Waals surface area contributed by atoms with E-state index < -0.39 is 77.8 Å². The maximum atomic E-state index is 14.5. The molecule has 4 rings (SSSR count). The van der Waals surface area contributed by atoms with Crippen LogP contribution in [0.1, 0.15) is 126 Å². The van der Waals surface area contributed by atoms with Gasteiger partial charge in [-0.3, -0.25) is 19.2 Å². The third-order valence-electron chi connectivity index (χ3n) is 14.9. The molecule has 15 atom stereocenters. The standard InChI is InChI=1S/C53H83NO14/c1-32-16-12-11-13-17-33(2)44(63-8)30-40-21-19-38(7)53(62,68-40)50(59)51(60)54-23-15-14-18-41(54)52(61)67-45(35(4)28-39-20-22-43(66-25-24-55)46(29-39)64-9)31-42(56)34(3)27-37(6)48(58)49(65-10)47(57)36(5)26-32/h11-13,16-17,27,32,34-36,38-41,43-46,48-49,55,58,62H,14-15,18-26,28-31H2,1-10H3/b13-11+,16-12+,33-17+,37-27+/t32-,34-,35-,36-,38-,39?,40?,41+,43-,44+,45?,46-,48-,49+,53-/m1/s1. The molecule has 3 unspecified atom stereocenters. The molecular weight excluding hydrogens is 875 g/mol. The van der Waals surface area contributed by atoms with Crippen LogP contribution in [-0.2, 0) is 52.4 Å². The Morgan fingerprint density at radius 3 is 2.26 bits per heavy atom. The second kappa shape index (κ2) is 27.3. The molecule has 1 saturated carbocycles. The lowest BCUT2D eigenvalue weighted by molar-refractivity contribution is -0.265. The first-order valence-electron chi connectivity index (χ1n) is 25.0. The zero-order valence-corrected chi connectivity index (χ0v) is 42.4. The van der Waals surface area contributed by atoms with Crippen molar-refractivity contribution in [2.45, 2.75) is 180 Å². The minimum Gasteiger partial charge on any atom is -0.460 e. The average Bonchev–Trinajstić information content (AvgIpc) is 3.32. The fourth-order valence-electron chi connectivity index (χ4n) is 10.5. The molecule has 0 aromatic rings. The van der Waals surface area contributed by atoms with Gasteiger partial charge in [0.15, 0.2) is 5.78 Å². The summed E-state index contributed by atoms with van der Waals surface area (Å²) < 4.78 is 35.6. The van der Waals surface area contributed by atoms with E-state index in [4.69, 9.17) is 28.4 Å². The number of methoxy groups -OCH3 is 3. The highest BCUT2D eigenvalue weighted by molar-refractivity contribution is 6.39. The van der Waals surface area contributed by atoms with Crippen LogP contribution in [0.3, 0.4) is 0 Å². The fraction of sp³-hybridized carbons (Fsp3) is 0.755. The predicted octanol–water partition coefficient (Wildman–Crippen LogP) is 6.20. The van der Waals surface area contributed by atoms with Gasteiger partial charge in [-0.05, 0) is 107 Å². The Morgan fingerprint density at radius 1 is 0.853 bits per heavy atom. The van der Waals surface area contributed by atoms with Gasteiger partial charge in [-0.15, -0.1) is 0 Å². The van der Waals surface area contributed by atoms with Crippen LogP contribution in [0.15, 0.2) is 47.6 Å². The van der Waals surface area contributed by atoms with Gasteiger partial charge in [0.2, 0.25) is 5.79 Å². The van der Waals surface area contributed by atoms with Crippen molar-refractivity contribution < 1.29 is 67.7 Å². The van der Waals surface area contributed by atoms with Crippen molar-refractivity contribution in [1.29, 1.82) is 0 Å². The molecule has 0 aromatic carbocycles. The summed E-state index contributed by atoms with van der Waals surface area (Å²) in [5, 5.41) is 32.8. The molecule has 15 nitrogen and oxygen atoms in total. The Labute approximate surface area is 405 Å². The fourth-order valence-corrected chi connectivity index (χ4v) is 10.5. The Balaban J connectivity index is 1.70. The Hall–Kier alpha value is -3.41. The van der Waals surface area contributed by atoms with Gasteiger partial charge in [-0.1, -0.05) is 71.1 Å². The molecule has 1 amide bonds. The summed E-state index contributed by atoms with van der Waals surface area (Å²) in [6, 6.07) is -1.14. The number of carbonyl (C=O) groups excluding carboxylic acids is 5. The maximum Gasteiger partial charge on any atom is 0.329 e. The molecule has 2 bridgehead atoms. The third-order valence-corrected chi connectivity index (χ3v) is 14.9. The first-order valence-corrected chi connectivity index (χ1v) is 25.0. The average molecular weight is 958 g/mol. The van der Waals surface area contributed by atoms with E-state index in [1.807, 2.05) is 58.1 Å². The van der Waals surface area contributed by atoms with Gasteiger partial charge < -0.3 is 48.6 Å². The Kier molecular flexibility index (Phi) is 22.9.